The van der Waals surface area contributed by atoms with Gasteiger partial charge in [-0.25, -0.2) is 5.90 Å². The van der Waals surface area contributed by atoms with Gasteiger partial charge in [0.2, 0.25) is 0 Å². The van der Waals surface area contributed by atoms with Crippen LogP contribution in [0.15, 0.2) is 18.2 Å². The molecule has 1 aromatic carbocycles. The van der Waals surface area contributed by atoms with Crippen LogP contribution < -0.4 is 10.6 Å². The third-order valence-electron chi connectivity index (χ3n) is 1.72. The van der Waals surface area contributed by atoms with Gasteiger partial charge in [0.15, 0.2) is 0 Å². The van der Waals surface area contributed by atoms with Gasteiger partial charge in [0.05, 0.1) is 24.2 Å². The highest BCUT2D eigenvalue weighted by Gasteiger charge is 2.14. The SMILES string of the molecule is COc1ccc([N+](=O)[O-])c(CON)c1. The van der Waals surface area contributed by atoms with E-state index >= 15 is 0 Å². The molecule has 0 amide bonds. The summed E-state index contributed by atoms with van der Waals surface area (Å²) in [4.78, 5) is 14.4. The highest BCUT2D eigenvalue weighted by Crippen LogP contribution is 2.24. The Morgan fingerprint density at radius 3 is 2.79 bits per heavy atom. The Balaban J connectivity index is 3.10. The van der Waals surface area contributed by atoms with E-state index in [1.54, 1.807) is 0 Å². The zero-order valence-corrected chi connectivity index (χ0v) is 7.60. The number of methoxy groups -OCH3 is 1. The first-order valence-electron chi connectivity index (χ1n) is 3.82. The molecule has 0 saturated carbocycles. The van der Waals surface area contributed by atoms with Crippen LogP contribution in [-0.2, 0) is 11.4 Å². The number of nitro groups is 1. The molecule has 0 bridgehead atoms. The molecule has 1 aromatic rings. The van der Waals surface area contributed by atoms with Crippen LogP contribution in [0.4, 0.5) is 5.69 Å². The topological polar surface area (TPSA) is 87.6 Å². The van der Waals surface area contributed by atoms with Gasteiger partial charge in [-0.05, 0) is 12.1 Å². The summed E-state index contributed by atoms with van der Waals surface area (Å²) in [6.07, 6.45) is 0. The summed E-state index contributed by atoms with van der Waals surface area (Å²) in [5.74, 6) is 5.39. The Morgan fingerprint density at radius 2 is 2.29 bits per heavy atom. The molecule has 2 N–H and O–H groups in total. The summed E-state index contributed by atoms with van der Waals surface area (Å²) in [5, 5.41) is 10.6. The third-order valence-corrected chi connectivity index (χ3v) is 1.72. The number of benzene rings is 1. The number of ether oxygens (including phenoxy) is 1. The Bertz CT molecular complexity index is 340. The van der Waals surface area contributed by atoms with E-state index < -0.39 is 4.92 Å². The molecule has 0 atom stereocenters. The van der Waals surface area contributed by atoms with Gasteiger partial charge >= 0.3 is 0 Å². The van der Waals surface area contributed by atoms with Crippen molar-refractivity contribution in [3.8, 4) is 5.75 Å². The Morgan fingerprint density at radius 1 is 1.57 bits per heavy atom. The predicted octanol–water partition coefficient (Wildman–Crippen LogP) is 0.994. The summed E-state index contributed by atoms with van der Waals surface area (Å²) < 4.78 is 4.92. The average Bonchev–Trinajstić information content (AvgIpc) is 2.17. The van der Waals surface area contributed by atoms with Crippen LogP contribution in [0.1, 0.15) is 5.56 Å². The second-order valence-electron chi connectivity index (χ2n) is 2.56. The van der Waals surface area contributed by atoms with Crippen molar-refractivity contribution >= 4 is 5.69 Å². The van der Waals surface area contributed by atoms with Crippen molar-refractivity contribution in [3.63, 3.8) is 0 Å². The summed E-state index contributed by atoms with van der Waals surface area (Å²) in [6, 6.07) is 4.39. The van der Waals surface area contributed by atoms with E-state index in [-0.39, 0.29) is 12.3 Å². The molecular weight excluding hydrogens is 188 g/mol. The zero-order valence-electron chi connectivity index (χ0n) is 7.60. The number of nitrogens with two attached hydrogens (primary N) is 1. The molecule has 1 rings (SSSR count). The monoisotopic (exact) mass is 198 g/mol. The normalized spacial score (nSPS) is 9.86. The molecule has 0 heterocycles. The molecule has 0 aliphatic rings. The predicted molar refractivity (Wildman–Crippen MR) is 48.6 cm³/mol. The molecule has 0 saturated heterocycles. The summed E-state index contributed by atoms with van der Waals surface area (Å²) >= 11 is 0. The second-order valence-corrected chi connectivity index (χ2v) is 2.56. The van der Waals surface area contributed by atoms with Crippen LogP contribution in [0.2, 0.25) is 0 Å². The Kier molecular flexibility index (Phi) is 3.38. The molecule has 0 aromatic heterocycles. The van der Waals surface area contributed by atoms with E-state index in [0.29, 0.717) is 11.3 Å². The molecule has 6 nitrogen and oxygen atoms in total. The Labute approximate surface area is 80.3 Å². The smallest absolute Gasteiger partial charge is 0.275 e. The van der Waals surface area contributed by atoms with E-state index in [1.807, 2.05) is 0 Å². The van der Waals surface area contributed by atoms with Crippen molar-refractivity contribution in [1.82, 2.24) is 0 Å². The van der Waals surface area contributed by atoms with Gasteiger partial charge in [-0.15, -0.1) is 0 Å². The lowest BCUT2D eigenvalue weighted by Crippen LogP contribution is -2.02. The molecular formula is C8H10N2O4. The minimum absolute atomic E-state index is 0.0203. The van der Waals surface area contributed by atoms with Gasteiger partial charge in [-0.2, -0.15) is 0 Å². The van der Waals surface area contributed by atoms with Crippen molar-refractivity contribution in [2.75, 3.05) is 7.11 Å². The average molecular weight is 198 g/mol. The minimum atomic E-state index is -0.492. The fourth-order valence-electron chi connectivity index (χ4n) is 1.07. The fourth-order valence-corrected chi connectivity index (χ4v) is 1.07. The molecule has 76 valence electrons. The van der Waals surface area contributed by atoms with E-state index in [9.17, 15) is 10.1 Å². The standard InChI is InChI=1S/C8H10N2O4/c1-13-7-2-3-8(10(11)12)6(4-7)5-14-9/h2-4H,5,9H2,1H3. The molecule has 6 heteroatoms. The molecule has 0 spiro atoms. The number of hydrogen-bond donors (Lipinski definition) is 1. The lowest BCUT2D eigenvalue weighted by atomic mass is 10.2. The van der Waals surface area contributed by atoms with E-state index in [4.69, 9.17) is 10.6 Å². The first-order chi connectivity index (χ1) is 6.69. The number of rotatable bonds is 4. The zero-order chi connectivity index (χ0) is 10.6. The van der Waals surface area contributed by atoms with Crippen molar-refractivity contribution in [2.45, 2.75) is 6.61 Å². The van der Waals surface area contributed by atoms with Gasteiger partial charge in [0, 0.05) is 6.07 Å². The van der Waals surface area contributed by atoms with Gasteiger partial charge in [0.1, 0.15) is 5.75 Å². The van der Waals surface area contributed by atoms with Crippen molar-refractivity contribution in [1.29, 1.82) is 0 Å². The van der Waals surface area contributed by atoms with Crippen LogP contribution in [0.5, 0.6) is 5.75 Å². The molecule has 0 radical (unpaired) electrons. The molecule has 0 unspecified atom stereocenters. The van der Waals surface area contributed by atoms with Crippen molar-refractivity contribution in [2.24, 2.45) is 5.90 Å². The molecule has 0 fully saturated rings. The quantitative estimate of drug-likeness (QED) is 0.575. The van der Waals surface area contributed by atoms with Crippen molar-refractivity contribution < 1.29 is 14.5 Å². The van der Waals surface area contributed by atoms with Crippen molar-refractivity contribution in [3.05, 3.63) is 33.9 Å². The van der Waals surface area contributed by atoms with Gasteiger partial charge in [-0.3, -0.25) is 15.0 Å². The summed E-state index contributed by atoms with van der Waals surface area (Å²) in [6.45, 7) is -0.0203. The third kappa shape index (κ3) is 2.18. The summed E-state index contributed by atoms with van der Waals surface area (Å²) in [5.41, 5.74) is 0.355. The largest absolute Gasteiger partial charge is 0.497 e. The molecule has 0 aliphatic carbocycles. The number of nitrogens with zero attached hydrogens (tertiary/aromatic N) is 1. The maximum absolute atomic E-state index is 10.6. The van der Waals surface area contributed by atoms with Crippen LogP contribution >= 0.6 is 0 Å². The highest BCUT2D eigenvalue weighted by molar-refractivity contribution is 5.44. The minimum Gasteiger partial charge on any atom is -0.497 e. The maximum Gasteiger partial charge on any atom is 0.275 e. The number of hydrogen-bond acceptors (Lipinski definition) is 5. The van der Waals surface area contributed by atoms with Crippen LogP contribution in [0.25, 0.3) is 0 Å². The van der Waals surface area contributed by atoms with Gasteiger partial charge in [-0.1, -0.05) is 0 Å². The summed E-state index contributed by atoms with van der Waals surface area (Å²) in [7, 11) is 1.48. The van der Waals surface area contributed by atoms with E-state index in [0.717, 1.165) is 0 Å². The first-order valence-corrected chi connectivity index (χ1v) is 3.82. The Hall–Kier alpha value is -1.66. The van der Waals surface area contributed by atoms with Crippen LogP contribution in [-0.4, -0.2) is 12.0 Å². The molecule has 0 aliphatic heterocycles. The van der Waals surface area contributed by atoms with Crippen LogP contribution in [0, 0.1) is 10.1 Å². The lowest BCUT2D eigenvalue weighted by molar-refractivity contribution is -0.386. The molecule has 14 heavy (non-hydrogen) atoms. The van der Waals surface area contributed by atoms with Gasteiger partial charge in [0.25, 0.3) is 5.69 Å². The highest BCUT2D eigenvalue weighted by atomic mass is 16.6. The lowest BCUT2D eigenvalue weighted by Gasteiger charge is -2.04. The number of nitro benzene ring substituents is 1. The maximum atomic E-state index is 10.6. The van der Waals surface area contributed by atoms with Gasteiger partial charge < -0.3 is 4.74 Å². The second kappa shape index (κ2) is 4.54. The van der Waals surface area contributed by atoms with E-state index in [2.05, 4.69) is 4.84 Å². The van der Waals surface area contributed by atoms with E-state index in [1.165, 1.54) is 25.3 Å². The first kappa shape index (κ1) is 10.4. The fraction of sp³-hybridized carbons (Fsp3) is 0.250. The van der Waals surface area contributed by atoms with Crippen LogP contribution in [0.3, 0.4) is 0 Å².